The molecule has 1 rings (SSSR count). The molecule has 1 aromatic carbocycles. The third-order valence-electron chi connectivity index (χ3n) is 2.36. The fourth-order valence-electron chi connectivity index (χ4n) is 1.34. The number of methoxy groups -OCH3 is 2. The number of hydrogen-bond donors (Lipinski definition) is 1. The van der Waals surface area contributed by atoms with Gasteiger partial charge in [-0.05, 0) is 34.1 Å². The Bertz CT molecular complexity index is 478. The van der Waals surface area contributed by atoms with Crippen LogP contribution in [0.1, 0.15) is 10.4 Å². The van der Waals surface area contributed by atoms with Gasteiger partial charge in [-0.25, -0.2) is 4.79 Å². The van der Waals surface area contributed by atoms with Crippen LogP contribution >= 0.6 is 15.9 Å². The Balaban J connectivity index is 2.52. The van der Waals surface area contributed by atoms with E-state index in [1.807, 2.05) is 0 Å². The smallest absolute Gasteiger partial charge is 0.339 e. The molecule has 0 fully saturated rings. The second-order valence-electron chi connectivity index (χ2n) is 3.76. The van der Waals surface area contributed by atoms with E-state index in [1.165, 1.54) is 20.3 Å². The summed E-state index contributed by atoms with van der Waals surface area (Å²) < 4.78 is 15.3. The Morgan fingerprint density at radius 3 is 2.70 bits per heavy atom. The van der Waals surface area contributed by atoms with Gasteiger partial charge in [-0.2, -0.15) is 0 Å². The number of hydrogen-bond acceptors (Lipinski definition) is 5. The summed E-state index contributed by atoms with van der Waals surface area (Å²) in [5.41, 5.74) is 0.300. The van der Waals surface area contributed by atoms with Crippen LogP contribution in [0, 0.1) is 0 Å². The maximum absolute atomic E-state index is 11.9. The van der Waals surface area contributed by atoms with Crippen LogP contribution in [-0.4, -0.2) is 45.9 Å². The van der Waals surface area contributed by atoms with Gasteiger partial charge < -0.3 is 19.5 Å². The largest absolute Gasteiger partial charge is 0.497 e. The second-order valence-corrected chi connectivity index (χ2v) is 4.62. The Morgan fingerprint density at radius 2 is 2.05 bits per heavy atom. The zero-order valence-electron chi connectivity index (χ0n) is 11.3. The van der Waals surface area contributed by atoms with Crippen molar-refractivity contribution in [2.75, 3.05) is 34.0 Å². The molecular weight excluding hydrogens is 330 g/mol. The van der Waals surface area contributed by atoms with Crippen molar-refractivity contribution in [3.63, 3.8) is 0 Å². The number of benzene rings is 1. The van der Waals surface area contributed by atoms with E-state index in [1.54, 1.807) is 12.1 Å². The minimum atomic E-state index is -0.599. The maximum atomic E-state index is 11.9. The molecule has 0 bridgehead atoms. The Morgan fingerprint density at radius 1 is 1.30 bits per heavy atom. The average Bonchev–Trinajstić information content (AvgIpc) is 2.45. The summed E-state index contributed by atoms with van der Waals surface area (Å²) in [5.74, 6) is -0.447. The molecule has 0 aliphatic heterocycles. The van der Waals surface area contributed by atoms with E-state index >= 15 is 0 Å². The lowest BCUT2D eigenvalue weighted by molar-refractivity contribution is -0.124. The highest BCUT2D eigenvalue weighted by atomic mass is 79.9. The number of ether oxygens (including phenoxy) is 3. The summed E-state index contributed by atoms with van der Waals surface area (Å²) in [6.07, 6.45) is 0. The van der Waals surface area contributed by atoms with E-state index in [4.69, 9.17) is 14.2 Å². The van der Waals surface area contributed by atoms with Gasteiger partial charge in [-0.15, -0.1) is 0 Å². The minimum absolute atomic E-state index is 0.300. The molecule has 0 spiro atoms. The Hall–Kier alpha value is -1.60. The lowest BCUT2D eigenvalue weighted by Crippen LogP contribution is -2.31. The van der Waals surface area contributed by atoms with Crippen LogP contribution < -0.4 is 10.1 Å². The molecule has 0 radical (unpaired) electrons. The summed E-state index contributed by atoms with van der Waals surface area (Å²) >= 11 is 3.25. The van der Waals surface area contributed by atoms with Gasteiger partial charge in [0.25, 0.3) is 5.91 Å². The van der Waals surface area contributed by atoms with Crippen LogP contribution in [0.2, 0.25) is 0 Å². The molecule has 0 saturated carbocycles. The molecule has 110 valence electrons. The van der Waals surface area contributed by atoms with E-state index in [2.05, 4.69) is 21.2 Å². The topological polar surface area (TPSA) is 73.9 Å². The van der Waals surface area contributed by atoms with Gasteiger partial charge >= 0.3 is 5.97 Å². The lowest BCUT2D eigenvalue weighted by atomic mass is 10.2. The summed E-state index contributed by atoms with van der Waals surface area (Å²) in [4.78, 5) is 23.2. The maximum Gasteiger partial charge on any atom is 0.339 e. The predicted octanol–water partition coefficient (Wildman–Crippen LogP) is 1.38. The number of nitrogens with one attached hydrogen (secondary N) is 1. The van der Waals surface area contributed by atoms with Crippen molar-refractivity contribution in [2.24, 2.45) is 0 Å². The molecule has 0 aliphatic rings. The third kappa shape index (κ3) is 5.18. The number of esters is 1. The van der Waals surface area contributed by atoms with Crippen molar-refractivity contribution >= 4 is 27.8 Å². The lowest BCUT2D eigenvalue weighted by Gasteiger charge is -2.08. The molecule has 0 saturated heterocycles. The summed E-state index contributed by atoms with van der Waals surface area (Å²) in [5, 5.41) is 2.55. The van der Waals surface area contributed by atoms with E-state index in [-0.39, 0.29) is 12.5 Å². The summed E-state index contributed by atoms with van der Waals surface area (Å²) in [7, 11) is 3.04. The number of halogens is 1. The van der Waals surface area contributed by atoms with Crippen molar-refractivity contribution in [3.05, 3.63) is 28.2 Å². The second kappa shape index (κ2) is 8.55. The first-order chi connectivity index (χ1) is 9.58. The first kappa shape index (κ1) is 16.5. The highest BCUT2D eigenvalue weighted by Gasteiger charge is 2.14. The predicted molar refractivity (Wildman–Crippen MR) is 75.9 cm³/mol. The van der Waals surface area contributed by atoms with E-state index in [9.17, 15) is 9.59 Å². The molecule has 0 atom stereocenters. The van der Waals surface area contributed by atoms with E-state index in [0.717, 1.165) is 0 Å². The van der Waals surface area contributed by atoms with Gasteiger partial charge in [0.2, 0.25) is 0 Å². The molecule has 20 heavy (non-hydrogen) atoms. The standard InChI is InChI=1S/C13H16BrNO5/c1-18-6-5-15-12(16)8-20-13(17)10-7-9(19-2)3-4-11(10)14/h3-4,7H,5-6,8H2,1-2H3,(H,15,16). The molecule has 0 aromatic heterocycles. The molecule has 1 aromatic rings. The molecule has 0 heterocycles. The van der Waals surface area contributed by atoms with Crippen LogP contribution in [0.4, 0.5) is 0 Å². The monoisotopic (exact) mass is 345 g/mol. The highest BCUT2D eigenvalue weighted by Crippen LogP contribution is 2.23. The van der Waals surface area contributed by atoms with Crippen LogP contribution in [0.5, 0.6) is 5.75 Å². The molecule has 0 aliphatic carbocycles. The van der Waals surface area contributed by atoms with Crippen LogP contribution in [0.3, 0.4) is 0 Å². The number of carbonyl (C=O) groups excluding carboxylic acids is 2. The fourth-order valence-corrected chi connectivity index (χ4v) is 1.75. The van der Waals surface area contributed by atoms with Crippen molar-refractivity contribution in [2.45, 2.75) is 0 Å². The average molecular weight is 346 g/mol. The van der Waals surface area contributed by atoms with Crippen molar-refractivity contribution in [3.8, 4) is 5.75 Å². The first-order valence-corrected chi connectivity index (χ1v) is 6.64. The van der Waals surface area contributed by atoms with Gasteiger partial charge in [0.05, 0.1) is 19.3 Å². The summed E-state index contributed by atoms with van der Waals surface area (Å²) in [6, 6.07) is 4.92. The number of amides is 1. The Kier molecular flexibility index (Phi) is 7.03. The molecule has 0 unspecified atom stereocenters. The van der Waals surface area contributed by atoms with Gasteiger partial charge in [-0.1, -0.05) is 0 Å². The van der Waals surface area contributed by atoms with Crippen LogP contribution in [-0.2, 0) is 14.3 Å². The van der Waals surface area contributed by atoms with Crippen molar-refractivity contribution in [1.82, 2.24) is 5.32 Å². The van der Waals surface area contributed by atoms with Gasteiger partial charge in [0.1, 0.15) is 5.75 Å². The fraction of sp³-hybridized carbons (Fsp3) is 0.385. The number of rotatable bonds is 7. The molecule has 1 N–H and O–H groups in total. The van der Waals surface area contributed by atoms with Crippen LogP contribution in [0.25, 0.3) is 0 Å². The van der Waals surface area contributed by atoms with E-state index in [0.29, 0.717) is 28.9 Å². The van der Waals surface area contributed by atoms with Crippen molar-refractivity contribution < 1.29 is 23.8 Å². The quantitative estimate of drug-likeness (QED) is 0.596. The minimum Gasteiger partial charge on any atom is -0.497 e. The van der Waals surface area contributed by atoms with Gasteiger partial charge in [0, 0.05) is 18.1 Å². The zero-order valence-corrected chi connectivity index (χ0v) is 12.9. The van der Waals surface area contributed by atoms with Crippen LogP contribution in [0.15, 0.2) is 22.7 Å². The molecule has 7 heteroatoms. The molecular formula is C13H16BrNO5. The zero-order chi connectivity index (χ0) is 15.0. The molecule has 1 amide bonds. The molecule has 6 nitrogen and oxygen atoms in total. The third-order valence-corrected chi connectivity index (χ3v) is 3.05. The Labute approximate surface area is 125 Å². The summed E-state index contributed by atoms with van der Waals surface area (Å²) in [6.45, 7) is 0.434. The van der Waals surface area contributed by atoms with Gasteiger partial charge in [-0.3, -0.25) is 4.79 Å². The number of carbonyl (C=O) groups is 2. The van der Waals surface area contributed by atoms with E-state index < -0.39 is 5.97 Å². The highest BCUT2D eigenvalue weighted by molar-refractivity contribution is 9.10. The first-order valence-electron chi connectivity index (χ1n) is 5.84. The van der Waals surface area contributed by atoms with Crippen molar-refractivity contribution in [1.29, 1.82) is 0 Å². The normalized spacial score (nSPS) is 9.95. The SMILES string of the molecule is COCCNC(=O)COC(=O)c1cc(OC)ccc1Br. The van der Waals surface area contributed by atoms with Gasteiger partial charge in [0.15, 0.2) is 6.61 Å².